The van der Waals surface area contributed by atoms with Gasteiger partial charge in [0.1, 0.15) is 6.10 Å². The summed E-state index contributed by atoms with van der Waals surface area (Å²) in [6.07, 6.45) is -0.0811. The predicted molar refractivity (Wildman–Crippen MR) is 78.7 cm³/mol. The van der Waals surface area contributed by atoms with Crippen molar-refractivity contribution >= 4 is 5.97 Å². The Kier molecular flexibility index (Phi) is 4.39. The Morgan fingerprint density at radius 1 is 1.41 bits per heavy atom. The van der Waals surface area contributed by atoms with E-state index in [-0.39, 0.29) is 11.8 Å². The normalized spacial score (nSPS) is 16.1. The number of benzene rings is 1. The average molecular weight is 302 g/mol. The van der Waals surface area contributed by atoms with Crippen LogP contribution in [0.5, 0.6) is 5.88 Å². The Morgan fingerprint density at radius 3 is 2.95 bits per heavy atom. The van der Waals surface area contributed by atoms with E-state index in [9.17, 15) is 4.79 Å². The monoisotopic (exact) mass is 302 g/mol. The van der Waals surface area contributed by atoms with Gasteiger partial charge in [0.25, 0.3) is 0 Å². The molecular formula is C16H18N2O4. The van der Waals surface area contributed by atoms with Crippen molar-refractivity contribution < 1.29 is 19.0 Å². The third-order valence-corrected chi connectivity index (χ3v) is 3.31. The maximum absolute atomic E-state index is 11.6. The molecule has 0 bridgehead atoms. The maximum atomic E-state index is 11.6. The summed E-state index contributed by atoms with van der Waals surface area (Å²) in [6.45, 7) is 3.70. The first kappa shape index (κ1) is 14.6. The number of fused-ring (bicyclic) bond motifs is 1. The van der Waals surface area contributed by atoms with Crippen LogP contribution in [0.4, 0.5) is 0 Å². The van der Waals surface area contributed by atoms with Gasteiger partial charge in [0.05, 0.1) is 26.4 Å². The summed E-state index contributed by atoms with van der Waals surface area (Å²) in [5.74, 6) is 0.154. The summed E-state index contributed by atoms with van der Waals surface area (Å²) in [4.78, 5) is 11.6. The Bertz CT molecular complexity index is 615. The molecule has 0 amide bonds. The molecule has 1 unspecified atom stereocenters. The summed E-state index contributed by atoms with van der Waals surface area (Å²) < 4.78 is 18.0. The molecule has 6 nitrogen and oxygen atoms in total. The lowest BCUT2D eigenvalue weighted by Gasteiger charge is -2.10. The third kappa shape index (κ3) is 3.28. The van der Waals surface area contributed by atoms with E-state index in [2.05, 4.69) is 5.10 Å². The van der Waals surface area contributed by atoms with Crippen LogP contribution in [-0.4, -0.2) is 35.1 Å². The van der Waals surface area contributed by atoms with Gasteiger partial charge in [-0.3, -0.25) is 0 Å². The molecule has 0 saturated carbocycles. The van der Waals surface area contributed by atoms with Crippen molar-refractivity contribution in [1.82, 2.24) is 9.78 Å². The molecule has 22 heavy (non-hydrogen) atoms. The van der Waals surface area contributed by atoms with Crippen LogP contribution in [-0.2, 0) is 22.6 Å². The van der Waals surface area contributed by atoms with Crippen molar-refractivity contribution in [3.63, 3.8) is 0 Å². The van der Waals surface area contributed by atoms with Crippen LogP contribution in [0.25, 0.3) is 0 Å². The van der Waals surface area contributed by atoms with Crippen molar-refractivity contribution in [2.45, 2.75) is 26.2 Å². The zero-order chi connectivity index (χ0) is 15.4. The van der Waals surface area contributed by atoms with Crippen LogP contribution in [0, 0.1) is 0 Å². The van der Waals surface area contributed by atoms with Crippen LogP contribution in [0.3, 0.4) is 0 Å². The van der Waals surface area contributed by atoms with Gasteiger partial charge in [-0.15, -0.1) is 0 Å². The molecule has 0 radical (unpaired) electrons. The summed E-state index contributed by atoms with van der Waals surface area (Å²) in [5.41, 5.74) is 1.41. The molecule has 0 N–H and O–H groups in total. The van der Waals surface area contributed by atoms with Crippen LogP contribution in [0.15, 0.2) is 36.4 Å². The van der Waals surface area contributed by atoms with Gasteiger partial charge in [-0.1, -0.05) is 30.3 Å². The quantitative estimate of drug-likeness (QED) is 0.764. The molecule has 1 aromatic carbocycles. The summed E-state index contributed by atoms with van der Waals surface area (Å²) in [6, 6.07) is 11.6. The highest BCUT2D eigenvalue weighted by molar-refractivity contribution is 5.87. The molecule has 0 fully saturated rings. The molecule has 0 spiro atoms. The second-order valence-corrected chi connectivity index (χ2v) is 5.01. The highest BCUT2D eigenvalue weighted by atomic mass is 16.5. The van der Waals surface area contributed by atoms with Crippen molar-refractivity contribution in [3.05, 3.63) is 47.7 Å². The lowest BCUT2D eigenvalue weighted by molar-refractivity contribution is 0.0480. The minimum atomic E-state index is -0.426. The first-order valence-electron chi connectivity index (χ1n) is 7.29. The van der Waals surface area contributed by atoms with E-state index in [0.29, 0.717) is 32.2 Å². The van der Waals surface area contributed by atoms with Crippen molar-refractivity contribution in [2.75, 3.05) is 13.2 Å². The summed E-state index contributed by atoms with van der Waals surface area (Å²) >= 11 is 0. The lowest BCUT2D eigenvalue weighted by Crippen LogP contribution is -2.22. The largest absolute Gasteiger partial charge is 0.470 e. The SMILES string of the molecule is CCOC(=O)c1cc2n(n1)CC(COCc1ccccc1)O2. The predicted octanol–water partition coefficient (Wildman–Crippen LogP) is 2.04. The number of aromatic nitrogens is 2. The van der Waals surface area contributed by atoms with E-state index < -0.39 is 5.97 Å². The minimum Gasteiger partial charge on any atom is -0.470 e. The average Bonchev–Trinajstić information content (AvgIpc) is 3.07. The van der Waals surface area contributed by atoms with E-state index >= 15 is 0 Å². The van der Waals surface area contributed by atoms with Crippen molar-refractivity contribution in [2.24, 2.45) is 0 Å². The van der Waals surface area contributed by atoms with Gasteiger partial charge >= 0.3 is 5.97 Å². The zero-order valence-electron chi connectivity index (χ0n) is 12.4. The van der Waals surface area contributed by atoms with Crippen LogP contribution >= 0.6 is 0 Å². The third-order valence-electron chi connectivity index (χ3n) is 3.31. The fraction of sp³-hybridized carbons (Fsp3) is 0.375. The fourth-order valence-electron chi connectivity index (χ4n) is 2.30. The number of carbonyl (C=O) groups is 1. The Hall–Kier alpha value is -2.34. The Labute approximate surface area is 128 Å². The van der Waals surface area contributed by atoms with Gasteiger partial charge in [-0.05, 0) is 12.5 Å². The highest BCUT2D eigenvalue weighted by Gasteiger charge is 2.27. The first-order valence-corrected chi connectivity index (χ1v) is 7.29. The maximum Gasteiger partial charge on any atom is 0.358 e. The first-order chi connectivity index (χ1) is 10.8. The zero-order valence-corrected chi connectivity index (χ0v) is 12.4. The molecule has 2 aromatic rings. The van der Waals surface area contributed by atoms with Crippen LogP contribution < -0.4 is 4.74 Å². The number of hydrogen-bond acceptors (Lipinski definition) is 5. The number of ether oxygens (including phenoxy) is 3. The Balaban J connectivity index is 1.48. The second kappa shape index (κ2) is 6.62. The number of nitrogens with zero attached hydrogens (tertiary/aromatic N) is 2. The molecule has 1 atom stereocenters. The highest BCUT2D eigenvalue weighted by Crippen LogP contribution is 2.23. The lowest BCUT2D eigenvalue weighted by atomic mass is 10.2. The van der Waals surface area contributed by atoms with Gasteiger partial charge < -0.3 is 14.2 Å². The number of esters is 1. The van der Waals surface area contributed by atoms with E-state index in [1.165, 1.54) is 0 Å². The van der Waals surface area contributed by atoms with Crippen LogP contribution in [0.2, 0.25) is 0 Å². The van der Waals surface area contributed by atoms with Crippen molar-refractivity contribution in [1.29, 1.82) is 0 Å². The van der Waals surface area contributed by atoms with Gasteiger partial charge in [0, 0.05) is 6.07 Å². The van der Waals surface area contributed by atoms with Gasteiger partial charge in [0.2, 0.25) is 5.88 Å². The van der Waals surface area contributed by atoms with Crippen molar-refractivity contribution in [3.8, 4) is 5.88 Å². The topological polar surface area (TPSA) is 62.6 Å². The Morgan fingerprint density at radius 2 is 2.23 bits per heavy atom. The molecular weight excluding hydrogens is 284 g/mol. The molecule has 1 aliphatic heterocycles. The van der Waals surface area contributed by atoms with Crippen LogP contribution in [0.1, 0.15) is 23.0 Å². The molecule has 6 heteroatoms. The number of carbonyl (C=O) groups excluding carboxylic acids is 1. The van der Waals surface area contributed by atoms with E-state index in [1.54, 1.807) is 17.7 Å². The summed E-state index contributed by atoms with van der Waals surface area (Å²) in [7, 11) is 0. The molecule has 0 saturated heterocycles. The smallest absolute Gasteiger partial charge is 0.358 e. The second-order valence-electron chi connectivity index (χ2n) is 5.01. The molecule has 2 heterocycles. The minimum absolute atomic E-state index is 0.0811. The molecule has 1 aromatic heterocycles. The molecule has 0 aliphatic carbocycles. The number of rotatable bonds is 6. The van der Waals surface area contributed by atoms with E-state index in [4.69, 9.17) is 14.2 Å². The van der Waals surface area contributed by atoms with Gasteiger partial charge in [0.15, 0.2) is 5.69 Å². The van der Waals surface area contributed by atoms with Gasteiger partial charge in [-0.25, -0.2) is 9.48 Å². The molecule has 1 aliphatic rings. The standard InChI is InChI=1S/C16H18N2O4/c1-2-21-16(19)14-8-15-18(17-14)9-13(22-15)11-20-10-12-6-4-3-5-7-12/h3-8,13H,2,9-11H2,1H3. The fourth-order valence-corrected chi connectivity index (χ4v) is 2.30. The van der Waals surface area contributed by atoms with Gasteiger partial charge in [-0.2, -0.15) is 5.10 Å². The van der Waals surface area contributed by atoms with E-state index in [1.807, 2.05) is 30.3 Å². The summed E-state index contributed by atoms with van der Waals surface area (Å²) in [5, 5.41) is 4.19. The molecule has 116 valence electrons. The number of hydrogen-bond donors (Lipinski definition) is 0. The molecule has 3 rings (SSSR count). The van der Waals surface area contributed by atoms with E-state index in [0.717, 1.165) is 5.56 Å².